The van der Waals surface area contributed by atoms with Gasteiger partial charge in [0.25, 0.3) is 5.91 Å². The maximum atomic E-state index is 11.6. The topological polar surface area (TPSA) is 122 Å². The van der Waals surface area contributed by atoms with E-state index >= 15 is 0 Å². The molecule has 0 atom stereocenters. The van der Waals surface area contributed by atoms with Crippen LogP contribution in [0.4, 0.5) is 5.82 Å². The lowest BCUT2D eigenvalue weighted by Crippen LogP contribution is -2.37. The normalized spacial score (nSPS) is 9.67. The van der Waals surface area contributed by atoms with Crippen LogP contribution < -0.4 is 21.9 Å². The first-order valence-corrected chi connectivity index (χ1v) is 5.52. The van der Waals surface area contributed by atoms with Gasteiger partial charge in [0.2, 0.25) is 5.91 Å². The van der Waals surface area contributed by atoms with Crippen molar-refractivity contribution in [3.05, 3.63) is 17.8 Å². The molecule has 0 bridgehead atoms. The van der Waals surface area contributed by atoms with Crippen LogP contribution in [-0.2, 0) is 4.79 Å². The van der Waals surface area contributed by atoms with Crippen LogP contribution in [0.3, 0.4) is 0 Å². The van der Waals surface area contributed by atoms with Crippen molar-refractivity contribution >= 4 is 17.6 Å². The van der Waals surface area contributed by atoms with Gasteiger partial charge in [-0.3, -0.25) is 9.59 Å². The third-order valence-corrected chi connectivity index (χ3v) is 2.03. The molecule has 0 fully saturated rings. The second kappa shape index (κ2) is 7.17. The van der Waals surface area contributed by atoms with Gasteiger partial charge < -0.3 is 16.1 Å². The minimum absolute atomic E-state index is 0.0859. The van der Waals surface area contributed by atoms with Crippen LogP contribution in [0.2, 0.25) is 0 Å². The lowest BCUT2D eigenvalue weighted by Gasteiger charge is -2.05. The minimum Gasteiger partial charge on any atom is -0.355 e. The number of nitrogens with two attached hydrogens (primary N) is 1. The molecule has 8 heteroatoms. The van der Waals surface area contributed by atoms with Crippen LogP contribution in [0.25, 0.3) is 0 Å². The summed E-state index contributed by atoms with van der Waals surface area (Å²) in [4.78, 5) is 22.8. The molecular weight excluding hydrogens is 236 g/mol. The molecule has 98 valence electrons. The van der Waals surface area contributed by atoms with Gasteiger partial charge >= 0.3 is 0 Å². The van der Waals surface area contributed by atoms with E-state index in [-0.39, 0.29) is 18.1 Å². The molecule has 0 radical (unpaired) electrons. The summed E-state index contributed by atoms with van der Waals surface area (Å²) in [6, 6.07) is 2.97. The number of nitrogen functional groups attached to an aromatic ring is 1. The van der Waals surface area contributed by atoms with Crippen molar-refractivity contribution in [2.24, 2.45) is 5.84 Å². The summed E-state index contributed by atoms with van der Waals surface area (Å²) < 4.78 is 0. The lowest BCUT2D eigenvalue weighted by atomic mass is 10.3. The highest BCUT2D eigenvalue weighted by atomic mass is 16.2. The largest absolute Gasteiger partial charge is 0.355 e. The van der Waals surface area contributed by atoms with E-state index in [9.17, 15) is 9.59 Å². The lowest BCUT2D eigenvalue weighted by molar-refractivity contribution is -0.120. The molecule has 1 heterocycles. The van der Waals surface area contributed by atoms with Crippen LogP contribution in [0.1, 0.15) is 23.8 Å². The minimum atomic E-state index is -0.460. The van der Waals surface area contributed by atoms with Crippen molar-refractivity contribution in [2.45, 2.75) is 13.3 Å². The molecule has 1 rings (SSSR count). The van der Waals surface area contributed by atoms with E-state index in [0.717, 1.165) is 6.42 Å². The van der Waals surface area contributed by atoms with Crippen LogP contribution in [0.15, 0.2) is 12.1 Å². The summed E-state index contributed by atoms with van der Waals surface area (Å²) in [6.45, 7) is 2.45. The fraction of sp³-hybridized carbons (Fsp3) is 0.400. The van der Waals surface area contributed by atoms with Crippen molar-refractivity contribution in [3.63, 3.8) is 0 Å². The van der Waals surface area contributed by atoms with E-state index in [2.05, 4.69) is 26.3 Å². The number of aromatic nitrogens is 2. The monoisotopic (exact) mass is 252 g/mol. The highest BCUT2D eigenvalue weighted by Crippen LogP contribution is 1.99. The van der Waals surface area contributed by atoms with Gasteiger partial charge in [0.05, 0.1) is 6.54 Å². The third-order valence-electron chi connectivity index (χ3n) is 2.03. The predicted molar refractivity (Wildman–Crippen MR) is 65.5 cm³/mol. The molecular formula is C10H16N6O2. The van der Waals surface area contributed by atoms with Crippen LogP contribution in [0.5, 0.6) is 0 Å². The zero-order chi connectivity index (χ0) is 13.4. The average Bonchev–Trinajstić information content (AvgIpc) is 2.42. The Hall–Kier alpha value is -2.22. The molecule has 5 N–H and O–H groups in total. The van der Waals surface area contributed by atoms with Gasteiger partial charge in [-0.1, -0.05) is 6.92 Å². The number of carbonyl (C=O) groups is 2. The molecule has 0 aliphatic rings. The quantitative estimate of drug-likeness (QED) is 0.381. The zero-order valence-electron chi connectivity index (χ0n) is 10.1. The van der Waals surface area contributed by atoms with E-state index in [4.69, 9.17) is 5.84 Å². The van der Waals surface area contributed by atoms with Crippen molar-refractivity contribution in [2.75, 3.05) is 18.5 Å². The number of anilines is 1. The van der Waals surface area contributed by atoms with Gasteiger partial charge in [0.15, 0.2) is 11.5 Å². The number of amides is 2. The maximum absolute atomic E-state index is 11.6. The molecule has 0 unspecified atom stereocenters. The number of hydrazine groups is 1. The molecule has 0 aliphatic heterocycles. The number of nitrogens with one attached hydrogen (secondary N) is 3. The van der Waals surface area contributed by atoms with Crippen molar-refractivity contribution in [1.82, 2.24) is 20.8 Å². The fourth-order valence-electron chi connectivity index (χ4n) is 1.11. The zero-order valence-corrected chi connectivity index (χ0v) is 10.1. The smallest absolute Gasteiger partial charge is 0.272 e. The predicted octanol–water partition coefficient (Wildman–Crippen LogP) is -0.982. The number of hydrogen-bond donors (Lipinski definition) is 4. The summed E-state index contributed by atoms with van der Waals surface area (Å²) in [5.41, 5.74) is 2.42. The summed E-state index contributed by atoms with van der Waals surface area (Å²) in [5.74, 6) is 4.77. The Labute approximate surface area is 104 Å². The van der Waals surface area contributed by atoms with E-state index in [1.807, 2.05) is 6.92 Å². The van der Waals surface area contributed by atoms with Gasteiger partial charge in [0, 0.05) is 6.54 Å². The van der Waals surface area contributed by atoms with E-state index in [1.165, 1.54) is 12.1 Å². The number of hydrogen-bond acceptors (Lipinski definition) is 6. The van der Waals surface area contributed by atoms with Gasteiger partial charge in [0.1, 0.15) is 0 Å². The van der Waals surface area contributed by atoms with Crippen molar-refractivity contribution in [3.8, 4) is 0 Å². The van der Waals surface area contributed by atoms with Crippen LogP contribution in [0, 0.1) is 0 Å². The third kappa shape index (κ3) is 4.34. The Morgan fingerprint density at radius 3 is 2.61 bits per heavy atom. The SMILES string of the molecule is CCCNC(=O)CNC(=O)c1ccc(NN)nn1. The number of nitrogens with zero attached hydrogens (tertiary/aromatic N) is 2. The summed E-state index contributed by atoms with van der Waals surface area (Å²) in [7, 11) is 0. The van der Waals surface area contributed by atoms with Gasteiger partial charge in [-0.2, -0.15) is 0 Å². The Balaban J connectivity index is 2.42. The average molecular weight is 252 g/mol. The molecule has 2 amide bonds. The van der Waals surface area contributed by atoms with E-state index in [0.29, 0.717) is 12.4 Å². The Morgan fingerprint density at radius 1 is 1.28 bits per heavy atom. The molecule has 18 heavy (non-hydrogen) atoms. The van der Waals surface area contributed by atoms with Gasteiger partial charge in [-0.05, 0) is 18.6 Å². The first kappa shape index (κ1) is 13.8. The molecule has 0 spiro atoms. The summed E-state index contributed by atoms with van der Waals surface area (Å²) in [5, 5.41) is 12.4. The number of rotatable bonds is 6. The summed E-state index contributed by atoms with van der Waals surface area (Å²) in [6.07, 6.45) is 0.846. The molecule has 0 saturated heterocycles. The number of carbonyl (C=O) groups excluding carboxylic acids is 2. The molecule has 0 saturated carbocycles. The molecule has 8 nitrogen and oxygen atoms in total. The first-order chi connectivity index (χ1) is 8.67. The first-order valence-electron chi connectivity index (χ1n) is 5.52. The highest BCUT2D eigenvalue weighted by Gasteiger charge is 2.09. The fourth-order valence-corrected chi connectivity index (χ4v) is 1.11. The second-order valence-electron chi connectivity index (χ2n) is 3.48. The van der Waals surface area contributed by atoms with Crippen molar-refractivity contribution in [1.29, 1.82) is 0 Å². The summed E-state index contributed by atoms with van der Waals surface area (Å²) >= 11 is 0. The van der Waals surface area contributed by atoms with Gasteiger partial charge in [-0.15, -0.1) is 10.2 Å². The standard InChI is InChI=1S/C10H16N6O2/c1-2-5-12-9(17)6-13-10(18)7-3-4-8(14-11)16-15-7/h3-4H,2,5-6,11H2,1H3,(H,12,17)(H,13,18)(H,14,16). The molecule has 0 aromatic carbocycles. The highest BCUT2D eigenvalue weighted by molar-refractivity contribution is 5.94. The maximum Gasteiger partial charge on any atom is 0.272 e. The molecule has 1 aromatic rings. The molecule has 0 aliphatic carbocycles. The van der Waals surface area contributed by atoms with E-state index < -0.39 is 5.91 Å². The van der Waals surface area contributed by atoms with Crippen molar-refractivity contribution < 1.29 is 9.59 Å². The van der Waals surface area contributed by atoms with Crippen LogP contribution in [-0.4, -0.2) is 35.1 Å². The Kier molecular flexibility index (Phi) is 5.52. The van der Waals surface area contributed by atoms with Crippen LogP contribution >= 0.6 is 0 Å². The second-order valence-corrected chi connectivity index (χ2v) is 3.48. The van der Waals surface area contributed by atoms with E-state index in [1.54, 1.807) is 0 Å². The molecule has 1 aromatic heterocycles. The van der Waals surface area contributed by atoms with Gasteiger partial charge in [-0.25, -0.2) is 5.84 Å². The Bertz CT molecular complexity index is 405. The Morgan fingerprint density at radius 2 is 2.06 bits per heavy atom.